The van der Waals surface area contributed by atoms with Crippen LogP contribution in [0.15, 0.2) is 9.59 Å². The fourth-order valence-electron chi connectivity index (χ4n) is 2.90. The molecular weight excluding hydrogens is 272 g/mol. The van der Waals surface area contributed by atoms with Crippen molar-refractivity contribution in [3.05, 3.63) is 20.4 Å². The van der Waals surface area contributed by atoms with Crippen molar-refractivity contribution in [3.8, 4) is 0 Å². The maximum absolute atomic E-state index is 11.8. The fraction of sp³-hybridized carbons (Fsp3) is 0.667. The molecule has 21 heavy (non-hydrogen) atoms. The Bertz CT molecular complexity index is 568. The van der Waals surface area contributed by atoms with Gasteiger partial charge in [-0.3, -0.25) is 14.4 Å². The molecule has 0 atom stereocenters. The van der Waals surface area contributed by atoms with Crippen molar-refractivity contribution in [2.45, 2.75) is 45.1 Å². The highest BCUT2D eigenvalue weighted by Crippen LogP contribution is 2.28. The van der Waals surface area contributed by atoms with E-state index in [2.05, 4.69) is 5.32 Å². The van der Waals surface area contributed by atoms with Crippen LogP contribution in [-0.2, 0) is 9.53 Å². The van der Waals surface area contributed by atoms with E-state index >= 15 is 0 Å². The van der Waals surface area contributed by atoms with Gasteiger partial charge in [-0.15, -0.1) is 0 Å². The molecule has 6 nitrogen and oxygen atoms in total. The predicted octanol–water partition coefficient (Wildman–Crippen LogP) is 1.03. The van der Waals surface area contributed by atoms with E-state index in [1.807, 2.05) is 11.9 Å². The first-order valence-electron chi connectivity index (χ1n) is 7.51. The molecular formula is C15H22N2O4. The van der Waals surface area contributed by atoms with Crippen LogP contribution in [0, 0.1) is 0 Å². The first-order chi connectivity index (χ1) is 10.1. The molecule has 1 aromatic rings. The van der Waals surface area contributed by atoms with E-state index in [-0.39, 0.29) is 12.2 Å². The minimum absolute atomic E-state index is 0.0931. The normalized spacial score (nSPS) is 15.9. The largest absolute Gasteiger partial charge is 0.465 e. The van der Waals surface area contributed by atoms with E-state index in [9.17, 15) is 14.4 Å². The summed E-state index contributed by atoms with van der Waals surface area (Å²) >= 11 is 0. The van der Waals surface area contributed by atoms with Crippen LogP contribution in [0.3, 0.4) is 0 Å². The minimum Gasteiger partial charge on any atom is -0.465 e. The average molecular weight is 294 g/mol. The van der Waals surface area contributed by atoms with Gasteiger partial charge in [0, 0.05) is 13.1 Å². The third kappa shape index (κ3) is 3.25. The van der Waals surface area contributed by atoms with Gasteiger partial charge in [0.15, 0.2) is 0 Å². The number of nitrogens with one attached hydrogen (secondary N) is 1. The molecule has 0 saturated heterocycles. The number of anilines is 2. The number of rotatable bonds is 6. The molecule has 0 aliphatic heterocycles. The molecule has 0 heterocycles. The number of ether oxygens (including phenoxy) is 1. The summed E-state index contributed by atoms with van der Waals surface area (Å²) < 4.78 is 4.80. The van der Waals surface area contributed by atoms with Crippen LogP contribution >= 0.6 is 0 Å². The average Bonchev–Trinajstić information content (AvgIpc) is 2.51. The van der Waals surface area contributed by atoms with Crippen molar-refractivity contribution >= 4 is 17.3 Å². The molecule has 0 unspecified atom stereocenters. The van der Waals surface area contributed by atoms with Gasteiger partial charge in [0.2, 0.25) is 0 Å². The second-order valence-electron chi connectivity index (χ2n) is 5.44. The highest BCUT2D eigenvalue weighted by Gasteiger charge is 2.29. The quantitative estimate of drug-likeness (QED) is 0.624. The number of esters is 1. The maximum atomic E-state index is 11.8. The Labute approximate surface area is 123 Å². The van der Waals surface area contributed by atoms with E-state index < -0.39 is 16.8 Å². The lowest BCUT2D eigenvalue weighted by atomic mass is 9.93. The van der Waals surface area contributed by atoms with Crippen LogP contribution in [0.1, 0.15) is 39.0 Å². The molecule has 1 saturated carbocycles. The van der Waals surface area contributed by atoms with Crippen LogP contribution in [-0.4, -0.2) is 32.2 Å². The summed E-state index contributed by atoms with van der Waals surface area (Å²) in [7, 11) is 1.85. The van der Waals surface area contributed by atoms with Crippen molar-refractivity contribution in [1.29, 1.82) is 0 Å². The lowest BCUT2D eigenvalue weighted by Crippen LogP contribution is -2.46. The van der Waals surface area contributed by atoms with Gasteiger partial charge in [0.1, 0.15) is 17.9 Å². The summed E-state index contributed by atoms with van der Waals surface area (Å²) in [5.41, 5.74) is -0.344. The molecule has 0 amide bonds. The van der Waals surface area contributed by atoms with E-state index in [0.29, 0.717) is 18.3 Å². The number of carbonyl (C=O) groups is 1. The summed E-state index contributed by atoms with van der Waals surface area (Å²) in [6.07, 6.45) is 5.59. The molecule has 0 aromatic heterocycles. The van der Waals surface area contributed by atoms with Crippen LogP contribution in [0.4, 0.5) is 11.4 Å². The van der Waals surface area contributed by atoms with Crippen molar-refractivity contribution < 1.29 is 9.53 Å². The smallest absolute Gasteiger partial charge is 0.325 e. The summed E-state index contributed by atoms with van der Waals surface area (Å²) in [4.78, 5) is 36.7. The van der Waals surface area contributed by atoms with Gasteiger partial charge < -0.3 is 15.0 Å². The Morgan fingerprint density at radius 1 is 1.24 bits per heavy atom. The Morgan fingerprint density at radius 2 is 1.90 bits per heavy atom. The molecule has 1 aliphatic rings. The lowest BCUT2D eigenvalue weighted by molar-refractivity contribution is -0.140. The summed E-state index contributed by atoms with van der Waals surface area (Å²) in [6.45, 7) is 1.92. The molecule has 1 N–H and O–H groups in total. The molecule has 0 bridgehead atoms. The van der Waals surface area contributed by atoms with Crippen molar-refractivity contribution in [2.24, 2.45) is 0 Å². The molecule has 0 radical (unpaired) electrons. The summed E-state index contributed by atoms with van der Waals surface area (Å²) in [5, 5.41) is 2.75. The van der Waals surface area contributed by atoms with E-state index in [0.717, 1.165) is 25.7 Å². The standard InChI is InChI=1S/C15H22N2O4/c1-3-21-11(18)9-16-12-13(15(20)14(12)19)17(2)10-7-5-4-6-8-10/h10,16H,3-9H2,1-2H3. The first-order valence-corrected chi connectivity index (χ1v) is 7.51. The highest BCUT2D eigenvalue weighted by molar-refractivity contribution is 5.81. The van der Waals surface area contributed by atoms with Crippen LogP contribution in [0.2, 0.25) is 0 Å². The van der Waals surface area contributed by atoms with Crippen LogP contribution in [0.5, 0.6) is 0 Å². The Hall–Kier alpha value is -1.85. The monoisotopic (exact) mass is 294 g/mol. The number of hydrogen-bond donors (Lipinski definition) is 1. The molecule has 2 rings (SSSR count). The molecule has 116 valence electrons. The number of nitrogens with zero attached hydrogens (tertiary/aromatic N) is 1. The highest BCUT2D eigenvalue weighted by atomic mass is 16.5. The zero-order chi connectivity index (χ0) is 15.4. The van der Waals surface area contributed by atoms with Gasteiger partial charge in [-0.1, -0.05) is 19.3 Å². The number of carbonyl (C=O) groups excluding carboxylic acids is 1. The van der Waals surface area contributed by atoms with Crippen LogP contribution in [0.25, 0.3) is 0 Å². The second-order valence-corrected chi connectivity index (χ2v) is 5.44. The van der Waals surface area contributed by atoms with Gasteiger partial charge in [-0.25, -0.2) is 0 Å². The molecule has 1 fully saturated rings. The number of hydrogen-bond acceptors (Lipinski definition) is 6. The molecule has 0 spiro atoms. The Kier molecular flexibility index (Phi) is 4.98. The Morgan fingerprint density at radius 3 is 2.52 bits per heavy atom. The third-order valence-electron chi connectivity index (χ3n) is 4.08. The molecule has 6 heteroatoms. The fourth-order valence-corrected chi connectivity index (χ4v) is 2.90. The molecule has 1 aliphatic carbocycles. The minimum atomic E-state index is -0.544. The SMILES string of the molecule is CCOC(=O)CNc1c(N(C)C2CCCCC2)c(=O)c1=O. The van der Waals surface area contributed by atoms with Gasteiger partial charge in [0.25, 0.3) is 10.9 Å². The van der Waals surface area contributed by atoms with Gasteiger partial charge in [0.05, 0.1) is 6.61 Å². The van der Waals surface area contributed by atoms with E-state index in [1.165, 1.54) is 6.42 Å². The zero-order valence-corrected chi connectivity index (χ0v) is 12.6. The Balaban J connectivity index is 2.06. The van der Waals surface area contributed by atoms with Gasteiger partial charge in [-0.05, 0) is 19.8 Å². The third-order valence-corrected chi connectivity index (χ3v) is 4.08. The van der Waals surface area contributed by atoms with Crippen molar-refractivity contribution in [3.63, 3.8) is 0 Å². The summed E-state index contributed by atoms with van der Waals surface area (Å²) in [6, 6.07) is 0.296. The zero-order valence-electron chi connectivity index (χ0n) is 12.6. The predicted molar refractivity (Wildman–Crippen MR) is 81.8 cm³/mol. The summed E-state index contributed by atoms with van der Waals surface area (Å²) in [5.74, 6) is -0.434. The maximum Gasteiger partial charge on any atom is 0.325 e. The first kappa shape index (κ1) is 15.5. The van der Waals surface area contributed by atoms with E-state index in [1.54, 1.807) is 6.92 Å². The van der Waals surface area contributed by atoms with Crippen molar-refractivity contribution in [1.82, 2.24) is 0 Å². The lowest BCUT2D eigenvalue weighted by Gasteiger charge is -2.34. The van der Waals surface area contributed by atoms with Gasteiger partial charge >= 0.3 is 5.97 Å². The van der Waals surface area contributed by atoms with Crippen molar-refractivity contribution in [2.75, 3.05) is 30.4 Å². The van der Waals surface area contributed by atoms with E-state index in [4.69, 9.17) is 4.74 Å². The van der Waals surface area contributed by atoms with Gasteiger partial charge in [-0.2, -0.15) is 0 Å². The van der Waals surface area contributed by atoms with Crippen LogP contribution < -0.4 is 21.1 Å². The topological polar surface area (TPSA) is 75.7 Å². The second kappa shape index (κ2) is 6.74. The molecule has 1 aromatic carbocycles.